The number of hydrogen-bond acceptors (Lipinski definition) is 2. The molecule has 2 N–H and O–H groups in total. The zero-order valence-electron chi connectivity index (χ0n) is 23.1. The van der Waals surface area contributed by atoms with Crippen LogP contribution in [0.4, 0.5) is 0 Å². The van der Waals surface area contributed by atoms with Crippen LogP contribution in [0.2, 0.25) is 0 Å². The van der Waals surface area contributed by atoms with Crippen molar-refractivity contribution >= 4 is 0 Å². The van der Waals surface area contributed by atoms with E-state index in [0.717, 1.165) is 25.2 Å². The van der Waals surface area contributed by atoms with Crippen LogP contribution in [0.5, 0.6) is 0 Å². The van der Waals surface area contributed by atoms with E-state index in [2.05, 4.69) is 62.0 Å². The Morgan fingerprint density at radius 3 is 2.21 bits per heavy atom. The van der Waals surface area contributed by atoms with Crippen molar-refractivity contribution in [3.63, 3.8) is 0 Å². The van der Waals surface area contributed by atoms with Crippen molar-refractivity contribution in [1.82, 2.24) is 0 Å². The number of allylic oxidation sites excluding steroid dienone is 1. The summed E-state index contributed by atoms with van der Waals surface area (Å²) in [4.78, 5) is 0. The van der Waals surface area contributed by atoms with Crippen LogP contribution >= 0.6 is 0 Å². The molecule has 0 saturated heterocycles. The molecule has 0 unspecified atom stereocenters. The molecule has 0 aromatic heterocycles. The lowest BCUT2D eigenvalue weighted by atomic mass is 9.35. The summed E-state index contributed by atoms with van der Waals surface area (Å²) in [6.45, 7) is 23.2. The molecule has 4 aliphatic rings. The summed E-state index contributed by atoms with van der Waals surface area (Å²) >= 11 is 0. The fraction of sp³-hybridized carbons (Fsp3) is 0.935. The van der Waals surface area contributed by atoms with Gasteiger partial charge in [0.2, 0.25) is 0 Å². The van der Waals surface area contributed by atoms with Gasteiger partial charge < -0.3 is 10.2 Å². The van der Waals surface area contributed by atoms with E-state index in [1.165, 1.54) is 50.5 Å². The number of rotatable bonds is 5. The lowest BCUT2D eigenvalue weighted by molar-refractivity contribution is -0.225. The Kier molecular flexibility index (Phi) is 6.31. The second-order valence-corrected chi connectivity index (χ2v) is 14.8. The smallest absolute Gasteiger partial charge is 0.0650 e. The number of aliphatic hydroxyl groups is 2. The van der Waals surface area contributed by atoms with Crippen molar-refractivity contribution in [3.05, 3.63) is 12.2 Å². The molecule has 10 atom stereocenters. The van der Waals surface area contributed by atoms with Crippen LogP contribution in [0, 0.1) is 51.2 Å². The van der Waals surface area contributed by atoms with Crippen LogP contribution in [0.3, 0.4) is 0 Å². The van der Waals surface area contributed by atoms with E-state index in [-0.39, 0.29) is 11.5 Å². The van der Waals surface area contributed by atoms with Gasteiger partial charge in [-0.1, -0.05) is 53.7 Å². The standard InChI is InChI=1S/C31H54O2/c1-20(2)21(3)12-19-31(9,33)23-13-17-29(7)22(23)10-11-25-28(6)16-15-26(32)27(4,5)24(28)14-18-30(25,29)8/h21-26,32-33H,1,10-19H2,2-9H3/t21-,22-,23+,24+,25-,26+,28+,29-,30-,31+/m1/s1. The molecule has 2 nitrogen and oxygen atoms in total. The highest BCUT2D eigenvalue weighted by Crippen LogP contribution is 2.75. The molecule has 2 heteroatoms. The minimum absolute atomic E-state index is 0.0218. The lowest BCUT2D eigenvalue weighted by Crippen LogP contribution is -2.64. The Labute approximate surface area is 205 Å². The van der Waals surface area contributed by atoms with E-state index in [9.17, 15) is 10.2 Å². The molecule has 33 heavy (non-hydrogen) atoms. The molecular weight excluding hydrogens is 404 g/mol. The van der Waals surface area contributed by atoms with Crippen molar-refractivity contribution in [3.8, 4) is 0 Å². The van der Waals surface area contributed by atoms with Gasteiger partial charge in [0.1, 0.15) is 0 Å². The van der Waals surface area contributed by atoms with E-state index >= 15 is 0 Å². The summed E-state index contributed by atoms with van der Waals surface area (Å²) in [5, 5.41) is 22.6. The van der Waals surface area contributed by atoms with Crippen LogP contribution in [-0.4, -0.2) is 21.9 Å². The first-order valence-corrected chi connectivity index (χ1v) is 14.2. The third-order valence-corrected chi connectivity index (χ3v) is 13.1. The third kappa shape index (κ3) is 3.62. The van der Waals surface area contributed by atoms with Crippen molar-refractivity contribution in [2.45, 2.75) is 131 Å². The molecular formula is C31H54O2. The first kappa shape index (κ1) is 25.7. The quantitative estimate of drug-likeness (QED) is 0.413. The summed E-state index contributed by atoms with van der Waals surface area (Å²) in [5.74, 6) is 2.90. The molecule has 0 heterocycles. The minimum atomic E-state index is -0.576. The summed E-state index contributed by atoms with van der Waals surface area (Å²) in [6.07, 6.45) is 11.5. The Hall–Kier alpha value is -0.340. The number of aliphatic hydroxyl groups excluding tert-OH is 1. The third-order valence-electron chi connectivity index (χ3n) is 13.1. The molecule has 190 valence electrons. The molecule has 0 bridgehead atoms. The molecule has 0 amide bonds. The van der Waals surface area contributed by atoms with Crippen molar-refractivity contribution in [1.29, 1.82) is 0 Å². The van der Waals surface area contributed by atoms with Gasteiger partial charge in [0.25, 0.3) is 0 Å². The molecule has 0 aromatic rings. The topological polar surface area (TPSA) is 40.5 Å². The van der Waals surface area contributed by atoms with Crippen LogP contribution in [0.25, 0.3) is 0 Å². The molecule has 4 rings (SSSR count). The van der Waals surface area contributed by atoms with Crippen LogP contribution in [0.1, 0.15) is 120 Å². The largest absolute Gasteiger partial charge is 0.393 e. The van der Waals surface area contributed by atoms with E-state index in [1.54, 1.807) is 0 Å². The highest BCUT2D eigenvalue weighted by Gasteiger charge is 2.69. The van der Waals surface area contributed by atoms with Crippen molar-refractivity contribution in [2.75, 3.05) is 0 Å². The Bertz CT molecular complexity index is 767. The summed E-state index contributed by atoms with van der Waals surface area (Å²) in [7, 11) is 0. The lowest BCUT2D eigenvalue weighted by Gasteiger charge is -2.70. The second kappa shape index (κ2) is 8.09. The van der Waals surface area contributed by atoms with Crippen LogP contribution < -0.4 is 0 Å². The first-order valence-electron chi connectivity index (χ1n) is 14.2. The number of hydrogen-bond donors (Lipinski definition) is 2. The normalized spacial score (nSPS) is 49.3. The van der Waals surface area contributed by atoms with Gasteiger partial charge in [-0.3, -0.25) is 0 Å². The van der Waals surface area contributed by atoms with Gasteiger partial charge in [-0.05, 0) is 129 Å². The maximum absolute atomic E-state index is 11.8. The summed E-state index contributed by atoms with van der Waals surface area (Å²) in [6, 6.07) is 0. The average Bonchev–Trinajstić information content (AvgIpc) is 3.08. The fourth-order valence-corrected chi connectivity index (χ4v) is 10.4. The zero-order valence-corrected chi connectivity index (χ0v) is 23.1. The number of fused-ring (bicyclic) bond motifs is 5. The van der Waals surface area contributed by atoms with E-state index in [4.69, 9.17) is 0 Å². The molecule has 0 radical (unpaired) electrons. The molecule has 4 aliphatic carbocycles. The Morgan fingerprint density at radius 2 is 1.58 bits per heavy atom. The van der Waals surface area contributed by atoms with E-state index in [0.29, 0.717) is 39.9 Å². The zero-order chi connectivity index (χ0) is 24.6. The molecule has 0 spiro atoms. The summed E-state index contributed by atoms with van der Waals surface area (Å²) in [5.41, 5.74) is 1.68. The first-order chi connectivity index (χ1) is 15.1. The van der Waals surface area contributed by atoms with Gasteiger partial charge in [-0.25, -0.2) is 0 Å². The maximum atomic E-state index is 11.8. The van der Waals surface area contributed by atoms with Crippen LogP contribution in [-0.2, 0) is 0 Å². The SMILES string of the molecule is C=C(C)[C@H](C)CC[C@](C)(O)[C@H]1CC[C@]2(C)[C@@H]1CC[C@@H]1[C@@]3(C)CC[C@H](O)C(C)(C)[C@@H]3CC[C@]12C. The fourth-order valence-electron chi connectivity index (χ4n) is 10.4. The summed E-state index contributed by atoms with van der Waals surface area (Å²) < 4.78 is 0. The van der Waals surface area contributed by atoms with Gasteiger partial charge in [0.05, 0.1) is 11.7 Å². The highest BCUT2D eigenvalue weighted by atomic mass is 16.3. The molecule has 4 fully saturated rings. The highest BCUT2D eigenvalue weighted by molar-refractivity contribution is 5.18. The Balaban J connectivity index is 1.59. The molecule has 4 saturated carbocycles. The second-order valence-electron chi connectivity index (χ2n) is 14.8. The van der Waals surface area contributed by atoms with Gasteiger partial charge in [0, 0.05) is 0 Å². The van der Waals surface area contributed by atoms with E-state index < -0.39 is 5.60 Å². The Morgan fingerprint density at radius 1 is 0.939 bits per heavy atom. The molecule has 0 aliphatic heterocycles. The minimum Gasteiger partial charge on any atom is -0.393 e. The van der Waals surface area contributed by atoms with Gasteiger partial charge in [-0.2, -0.15) is 0 Å². The van der Waals surface area contributed by atoms with Gasteiger partial charge >= 0.3 is 0 Å². The molecule has 0 aromatic carbocycles. The predicted octanol–water partition coefficient (Wildman–Crippen LogP) is 7.78. The maximum Gasteiger partial charge on any atom is 0.0650 e. The van der Waals surface area contributed by atoms with Gasteiger partial charge in [0.15, 0.2) is 0 Å². The predicted molar refractivity (Wildman–Crippen MR) is 139 cm³/mol. The monoisotopic (exact) mass is 458 g/mol. The average molecular weight is 459 g/mol. The van der Waals surface area contributed by atoms with Crippen molar-refractivity contribution < 1.29 is 10.2 Å². The van der Waals surface area contributed by atoms with Gasteiger partial charge in [-0.15, -0.1) is 0 Å². The van der Waals surface area contributed by atoms with E-state index in [1.807, 2.05) is 0 Å². The van der Waals surface area contributed by atoms with Crippen molar-refractivity contribution in [2.24, 2.45) is 51.2 Å². The van der Waals surface area contributed by atoms with Crippen LogP contribution in [0.15, 0.2) is 12.2 Å².